The van der Waals surface area contributed by atoms with Crippen LogP contribution in [-0.2, 0) is 0 Å². The lowest BCUT2D eigenvalue weighted by atomic mass is 10.2. The van der Waals surface area contributed by atoms with Crippen LogP contribution >= 0.6 is 23.2 Å². The molecule has 0 radical (unpaired) electrons. The number of halogens is 5. The number of hydrogen-bond acceptors (Lipinski definition) is 3. The fraction of sp³-hybridized carbons (Fsp3) is 0.133. The van der Waals surface area contributed by atoms with Crippen LogP contribution in [0.5, 0.6) is 17.2 Å². The quantitative estimate of drug-likeness (QED) is 0.653. The topological polar surface area (TPSA) is 35.5 Å². The molecule has 0 heterocycles. The second kappa shape index (κ2) is 7.10. The van der Waals surface area contributed by atoms with E-state index in [1.165, 1.54) is 36.4 Å². The lowest BCUT2D eigenvalue weighted by Gasteiger charge is -2.11. The van der Waals surface area contributed by atoms with Gasteiger partial charge in [-0.25, -0.2) is 0 Å². The van der Waals surface area contributed by atoms with Crippen molar-refractivity contribution in [2.24, 2.45) is 0 Å². The second-order valence-corrected chi connectivity index (χ2v) is 5.21. The molecule has 0 amide bonds. The first-order valence-corrected chi connectivity index (χ1v) is 6.96. The minimum atomic E-state index is -4.41. The van der Waals surface area contributed by atoms with Crippen molar-refractivity contribution in [2.75, 3.05) is 6.61 Å². The Kier molecular flexibility index (Phi) is 5.38. The maximum absolute atomic E-state index is 12.1. The van der Waals surface area contributed by atoms with Gasteiger partial charge in [-0.05, 0) is 30.3 Å². The van der Waals surface area contributed by atoms with Gasteiger partial charge in [-0.15, -0.1) is 0 Å². The molecule has 0 fully saturated rings. The van der Waals surface area contributed by atoms with Gasteiger partial charge in [0.1, 0.15) is 17.2 Å². The minimum absolute atomic E-state index is 0.0411. The molecule has 0 saturated carbocycles. The van der Waals surface area contributed by atoms with E-state index in [0.717, 1.165) is 0 Å². The van der Waals surface area contributed by atoms with Crippen molar-refractivity contribution in [1.82, 2.24) is 0 Å². The predicted molar refractivity (Wildman–Crippen MR) is 79.9 cm³/mol. The minimum Gasteiger partial charge on any atom is -0.484 e. The molecule has 0 bridgehead atoms. The Morgan fingerprint density at radius 1 is 1.00 bits per heavy atom. The lowest BCUT2D eigenvalue weighted by molar-refractivity contribution is -0.153. The zero-order valence-corrected chi connectivity index (χ0v) is 12.9. The van der Waals surface area contributed by atoms with Gasteiger partial charge in [0, 0.05) is 6.07 Å². The van der Waals surface area contributed by atoms with Crippen molar-refractivity contribution in [3.63, 3.8) is 0 Å². The number of aldehydes is 1. The third-order valence-corrected chi connectivity index (χ3v) is 3.36. The van der Waals surface area contributed by atoms with Gasteiger partial charge in [-0.3, -0.25) is 4.79 Å². The molecule has 2 rings (SSSR count). The highest BCUT2D eigenvalue weighted by atomic mass is 35.5. The smallest absolute Gasteiger partial charge is 0.422 e. The Balaban J connectivity index is 2.12. The molecule has 0 aromatic heterocycles. The third-order valence-electron chi connectivity index (χ3n) is 2.63. The number of carbonyl (C=O) groups is 1. The molecule has 23 heavy (non-hydrogen) atoms. The number of ether oxygens (including phenoxy) is 2. The van der Waals surface area contributed by atoms with Crippen molar-refractivity contribution in [3.8, 4) is 17.2 Å². The summed E-state index contributed by atoms with van der Waals surface area (Å²) in [6.07, 6.45) is -3.85. The van der Waals surface area contributed by atoms with E-state index in [2.05, 4.69) is 4.74 Å². The molecule has 0 aliphatic heterocycles. The van der Waals surface area contributed by atoms with Crippen molar-refractivity contribution in [1.29, 1.82) is 0 Å². The van der Waals surface area contributed by atoms with Crippen LogP contribution in [0.3, 0.4) is 0 Å². The molecular formula is C15H9Cl2F3O3. The number of alkyl halides is 3. The van der Waals surface area contributed by atoms with E-state index >= 15 is 0 Å². The summed E-state index contributed by atoms with van der Waals surface area (Å²) in [4.78, 5) is 11.0. The predicted octanol–water partition coefficient (Wildman–Crippen LogP) is 5.54. The summed E-state index contributed by atoms with van der Waals surface area (Å²) < 4.78 is 46.2. The first-order chi connectivity index (χ1) is 10.8. The average molecular weight is 365 g/mol. The number of carbonyl (C=O) groups excluding carboxylic acids is 1. The molecule has 2 aromatic carbocycles. The van der Waals surface area contributed by atoms with Gasteiger partial charge in [-0.2, -0.15) is 13.2 Å². The molecule has 3 nitrogen and oxygen atoms in total. The van der Waals surface area contributed by atoms with E-state index in [0.29, 0.717) is 12.0 Å². The first-order valence-electron chi connectivity index (χ1n) is 6.20. The van der Waals surface area contributed by atoms with Gasteiger partial charge in [0.2, 0.25) is 0 Å². The maximum Gasteiger partial charge on any atom is 0.422 e. The fourth-order valence-corrected chi connectivity index (χ4v) is 1.95. The van der Waals surface area contributed by atoms with Crippen LogP contribution < -0.4 is 9.47 Å². The highest BCUT2D eigenvalue weighted by Crippen LogP contribution is 2.33. The molecule has 0 saturated heterocycles. The molecule has 122 valence electrons. The Bertz CT molecular complexity index is 700. The third kappa shape index (κ3) is 5.04. The summed E-state index contributed by atoms with van der Waals surface area (Å²) in [6, 6.07) is 8.18. The zero-order valence-electron chi connectivity index (χ0n) is 11.4. The molecule has 0 aliphatic carbocycles. The summed E-state index contributed by atoms with van der Waals surface area (Å²) in [5.74, 6) is 0.517. The van der Waals surface area contributed by atoms with Crippen LogP contribution in [-0.4, -0.2) is 19.1 Å². The molecule has 0 aliphatic rings. The van der Waals surface area contributed by atoms with E-state index in [-0.39, 0.29) is 27.1 Å². The Morgan fingerprint density at radius 3 is 2.13 bits per heavy atom. The van der Waals surface area contributed by atoms with E-state index < -0.39 is 12.8 Å². The molecule has 8 heteroatoms. The number of hydrogen-bond donors (Lipinski definition) is 0. The maximum atomic E-state index is 12.1. The van der Waals surface area contributed by atoms with E-state index in [4.69, 9.17) is 27.9 Å². The monoisotopic (exact) mass is 364 g/mol. The zero-order chi connectivity index (χ0) is 17.0. The van der Waals surface area contributed by atoms with Crippen LogP contribution in [0, 0.1) is 0 Å². The van der Waals surface area contributed by atoms with Crippen LogP contribution in [0.4, 0.5) is 13.2 Å². The van der Waals surface area contributed by atoms with Crippen molar-refractivity contribution in [2.45, 2.75) is 6.18 Å². The molecule has 0 atom stereocenters. The highest BCUT2D eigenvalue weighted by Gasteiger charge is 2.28. The van der Waals surface area contributed by atoms with Gasteiger partial charge < -0.3 is 9.47 Å². The Labute approximate surface area is 139 Å². The summed E-state index contributed by atoms with van der Waals surface area (Å²) in [7, 11) is 0. The number of rotatable bonds is 5. The van der Waals surface area contributed by atoms with Gasteiger partial charge in [0.05, 0.1) is 15.6 Å². The molecule has 2 aromatic rings. The van der Waals surface area contributed by atoms with Crippen LogP contribution in [0.15, 0.2) is 36.4 Å². The summed E-state index contributed by atoms with van der Waals surface area (Å²) in [5, 5.41) is 0.411. The lowest BCUT2D eigenvalue weighted by Crippen LogP contribution is -2.19. The molecule has 0 unspecified atom stereocenters. The van der Waals surface area contributed by atoms with Crippen molar-refractivity contribution >= 4 is 29.5 Å². The number of benzene rings is 2. The van der Waals surface area contributed by atoms with Crippen molar-refractivity contribution < 1.29 is 27.4 Å². The Hall–Kier alpha value is -1.92. The normalized spacial score (nSPS) is 11.2. The van der Waals surface area contributed by atoms with Crippen LogP contribution in [0.25, 0.3) is 0 Å². The SMILES string of the molecule is O=Cc1cc(Cl)c(Cl)cc1Oc1ccc(OCC(F)(F)F)cc1. The summed E-state index contributed by atoms with van der Waals surface area (Å²) in [5.41, 5.74) is 0.191. The standard InChI is InChI=1S/C15H9Cl2F3O3/c16-12-5-9(7-21)14(6-13(12)17)23-11-3-1-10(2-4-11)22-8-15(18,19)20/h1-7H,8H2. The fourth-order valence-electron chi connectivity index (χ4n) is 1.62. The van der Waals surface area contributed by atoms with E-state index in [1.807, 2.05) is 0 Å². The molecule has 0 N–H and O–H groups in total. The summed E-state index contributed by atoms with van der Waals surface area (Å²) in [6.45, 7) is -1.38. The van der Waals surface area contributed by atoms with E-state index in [9.17, 15) is 18.0 Å². The average Bonchev–Trinajstić information content (AvgIpc) is 2.49. The van der Waals surface area contributed by atoms with Gasteiger partial charge in [-0.1, -0.05) is 23.2 Å². The second-order valence-electron chi connectivity index (χ2n) is 4.40. The van der Waals surface area contributed by atoms with Gasteiger partial charge in [0.25, 0.3) is 0 Å². The largest absolute Gasteiger partial charge is 0.484 e. The molecular weight excluding hydrogens is 356 g/mol. The highest BCUT2D eigenvalue weighted by molar-refractivity contribution is 6.42. The van der Waals surface area contributed by atoms with Gasteiger partial charge >= 0.3 is 6.18 Å². The summed E-state index contributed by atoms with van der Waals surface area (Å²) >= 11 is 11.7. The van der Waals surface area contributed by atoms with Crippen molar-refractivity contribution in [3.05, 3.63) is 52.0 Å². The molecule has 0 spiro atoms. The van der Waals surface area contributed by atoms with E-state index in [1.54, 1.807) is 0 Å². The van der Waals surface area contributed by atoms with Crippen LogP contribution in [0.1, 0.15) is 10.4 Å². The Morgan fingerprint density at radius 2 is 1.57 bits per heavy atom. The van der Waals surface area contributed by atoms with Crippen LogP contribution in [0.2, 0.25) is 10.0 Å². The first kappa shape index (κ1) is 17.4. The van der Waals surface area contributed by atoms with Gasteiger partial charge in [0.15, 0.2) is 12.9 Å².